The van der Waals surface area contributed by atoms with Gasteiger partial charge in [-0.25, -0.2) is 0 Å². The maximum atomic E-state index is 12.1. The molecule has 2 atom stereocenters. The average Bonchev–Trinajstić information content (AvgIpc) is 2.28. The van der Waals surface area contributed by atoms with E-state index in [9.17, 15) is 4.79 Å². The second-order valence-corrected chi connectivity index (χ2v) is 6.87. The molecule has 3 heterocycles. The molecule has 3 aliphatic rings. The van der Waals surface area contributed by atoms with Crippen LogP contribution in [0.1, 0.15) is 40.5 Å². The average molecular weight is 253 g/mol. The number of hydrogen-bond acceptors (Lipinski definition) is 3. The third kappa shape index (κ3) is 3.45. The highest BCUT2D eigenvalue weighted by Crippen LogP contribution is 2.27. The SMILES string of the molecule is CC(NC1CN2CCC1CC2)C(=O)NC(C)(C)C. The van der Waals surface area contributed by atoms with Gasteiger partial charge in [0.05, 0.1) is 6.04 Å². The minimum absolute atomic E-state index is 0.102. The Morgan fingerprint density at radius 3 is 2.33 bits per heavy atom. The van der Waals surface area contributed by atoms with Crippen LogP contribution in [0.25, 0.3) is 0 Å². The molecule has 0 radical (unpaired) electrons. The minimum Gasteiger partial charge on any atom is -0.350 e. The number of carbonyl (C=O) groups excluding carboxylic acids is 1. The summed E-state index contributed by atoms with van der Waals surface area (Å²) in [4.78, 5) is 14.6. The van der Waals surface area contributed by atoms with Crippen molar-refractivity contribution in [3.8, 4) is 0 Å². The van der Waals surface area contributed by atoms with Gasteiger partial charge in [0.15, 0.2) is 0 Å². The normalized spacial score (nSPS) is 33.2. The molecule has 3 fully saturated rings. The van der Waals surface area contributed by atoms with E-state index < -0.39 is 0 Å². The Labute approximate surface area is 110 Å². The molecule has 4 heteroatoms. The van der Waals surface area contributed by atoms with Crippen molar-refractivity contribution in [2.24, 2.45) is 5.92 Å². The predicted octanol–water partition coefficient (Wildman–Crippen LogP) is 0.973. The Hall–Kier alpha value is -0.610. The van der Waals surface area contributed by atoms with Crippen molar-refractivity contribution in [1.82, 2.24) is 15.5 Å². The van der Waals surface area contributed by atoms with E-state index in [0.29, 0.717) is 6.04 Å². The van der Waals surface area contributed by atoms with Crippen molar-refractivity contribution in [3.05, 3.63) is 0 Å². The fourth-order valence-electron chi connectivity index (χ4n) is 3.03. The van der Waals surface area contributed by atoms with E-state index in [-0.39, 0.29) is 17.5 Å². The van der Waals surface area contributed by atoms with Crippen molar-refractivity contribution in [2.45, 2.75) is 58.2 Å². The molecular weight excluding hydrogens is 226 g/mol. The summed E-state index contributed by atoms with van der Waals surface area (Å²) in [5.41, 5.74) is -0.151. The van der Waals surface area contributed by atoms with Crippen molar-refractivity contribution in [2.75, 3.05) is 19.6 Å². The van der Waals surface area contributed by atoms with Crippen molar-refractivity contribution in [1.29, 1.82) is 0 Å². The molecule has 1 amide bonds. The summed E-state index contributed by atoms with van der Waals surface area (Å²) in [6, 6.07) is 0.392. The molecule has 3 saturated heterocycles. The van der Waals surface area contributed by atoms with E-state index in [4.69, 9.17) is 0 Å². The highest BCUT2D eigenvalue weighted by atomic mass is 16.2. The van der Waals surface area contributed by atoms with E-state index in [1.54, 1.807) is 0 Å². The Bertz CT molecular complexity index is 303. The molecule has 0 aromatic carbocycles. The molecule has 2 N–H and O–H groups in total. The van der Waals surface area contributed by atoms with Crippen LogP contribution in [-0.2, 0) is 4.79 Å². The number of fused-ring (bicyclic) bond motifs is 3. The monoisotopic (exact) mass is 253 g/mol. The van der Waals surface area contributed by atoms with Crippen LogP contribution in [0.4, 0.5) is 0 Å². The van der Waals surface area contributed by atoms with Gasteiger partial charge in [0.2, 0.25) is 5.91 Å². The lowest BCUT2D eigenvalue weighted by molar-refractivity contribution is -0.124. The molecule has 0 aromatic heterocycles. The molecule has 0 aliphatic carbocycles. The van der Waals surface area contributed by atoms with Gasteiger partial charge in [-0.2, -0.15) is 0 Å². The molecule has 2 bridgehead atoms. The Morgan fingerprint density at radius 2 is 1.89 bits per heavy atom. The lowest BCUT2D eigenvalue weighted by Gasteiger charge is -2.46. The fraction of sp³-hybridized carbons (Fsp3) is 0.929. The van der Waals surface area contributed by atoms with E-state index >= 15 is 0 Å². The van der Waals surface area contributed by atoms with E-state index in [1.807, 2.05) is 27.7 Å². The standard InChI is InChI=1S/C14H27N3O/c1-10(13(18)16-14(2,3)4)15-12-9-17-7-5-11(12)6-8-17/h10-12,15H,5-9H2,1-4H3,(H,16,18). The Kier molecular flexibility index (Phi) is 3.97. The number of amides is 1. The first-order valence-corrected chi connectivity index (χ1v) is 7.15. The summed E-state index contributed by atoms with van der Waals surface area (Å²) in [6.45, 7) is 11.6. The van der Waals surface area contributed by atoms with Crippen molar-refractivity contribution < 1.29 is 4.79 Å². The smallest absolute Gasteiger partial charge is 0.237 e. The fourth-order valence-corrected chi connectivity index (χ4v) is 3.03. The minimum atomic E-state index is -0.151. The van der Waals surface area contributed by atoms with Crippen LogP contribution in [-0.4, -0.2) is 48.1 Å². The zero-order chi connectivity index (χ0) is 13.3. The van der Waals surface area contributed by atoms with Gasteiger partial charge in [-0.3, -0.25) is 4.79 Å². The van der Waals surface area contributed by atoms with Gasteiger partial charge in [-0.05, 0) is 59.5 Å². The first-order chi connectivity index (χ1) is 8.35. The summed E-state index contributed by atoms with van der Waals surface area (Å²) < 4.78 is 0. The molecule has 0 saturated carbocycles. The first-order valence-electron chi connectivity index (χ1n) is 7.15. The third-order valence-electron chi connectivity index (χ3n) is 4.01. The topological polar surface area (TPSA) is 44.4 Å². The summed E-state index contributed by atoms with van der Waals surface area (Å²) in [7, 11) is 0. The summed E-state index contributed by atoms with van der Waals surface area (Å²) in [5, 5.41) is 6.56. The zero-order valence-corrected chi connectivity index (χ0v) is 12.1. The van der Waals surface area contributed by atoms with Crippen molar-refractivity contribution in [3.63, 3.8) is 0 Å². The lowest BCUT2D eigenvalue weighted by atomic mass is 9.83. The predicted molar refractivity (Wildman–Crippen MR) is 73.4 cm³/mol. The van der Waals surface area contributed by atoms with Crippen molar-refractivity contribution >= 4 is 5.91 Å². The molecule has 4 nitrogen and oxygen atoms in total. The van der Waals surface area contributed by atoms with Gasteiger partial charge >= 0.3 is 0 Å². The van der Waals surface area contributed by atoms with Gasteiger partial charge in [0, 0.05) is 18.1 Å². The Balaban J connectivity index is 1.84. The summed E-state index contributed by atoms with van der Waals surface area (Å²) in [5.74, 6) is 0.874. The largest absolute Gasteiger partial charge is 0.350 e. The molecule has 3 rings (SSSR count). The maximum Gasteiger partial charge on any atom is 0.237 e. The van der Waals surface area contributed by atoms with Crippen LogP contribution in [0.3, 0.4) is 0 Å². The van der Waals surface area contributed by atoms with Gasteiger partial charge < -0.3 is 15.5 Å². The number of carbonyl (C=O) groups is 1. The molecular formula is C14H27N3O. The number of piperidine rings is 3. The molecule has 104 valence electrons. The van der Waals surface area contributed by atoms with Crippen LogP contribution in [0, 0.1) is 5.92 Å². The highest BCUT2D eigenvalue weighted by molar-refractivity contribution is 5.81. The molecule has 0 aromatic rings. The van der Waals surface area contributed by atoms with Crippen LogP contribution in [0.2, 0.25) is 0 Å². The summed E-state index contributed by atoms with van der Waals surface area (Å²) in [6.07, 6.45) is 2.57. The van der Waals surface area contributed by atoms with E-state index in [2.05, 4.69) is 15.5 Å². The second kappa shape index (κ2) is 5.17. The molecule has 3 aliphatic heterocycles. The first kappa shape index (κ1) is 13.8. The van der Waals surface area contributed by atoms with E-state index in [1.165, 1.54) is 25.9 Å². The molecule has 18 heavy (non-hydrogen) atoms. The van der Waals surface area contributed by atoms with E-state index in [0.717, 1.165) is 12.5 Å². The number of nitrogens with one attached hydrogen (secondary N) is 2. The van der Waals surface area contributed by atoms with Gasteiger partial charge in [-0.1, -0.05) is 0 Å². The second-order valence-electron chi connectivity index (χ2n) is 6.87. The van der Waals surface area contributed by atoms with Gasteiger partial charge in [-0.15, -0.1) is 0 Å². The van der Waals surface area contributed by atoms with Gasteiger partial charge in [0.1, 0.15) is 0 Å². The molecule has 0 spiro atoms. The number of nitrogens with zero attached hydrogens (tertiary/aromatic N) is 1. The van der Waals surface area contributed by atoms with Crippen LogP contribution >= 0.6 is 0 Å². The van der Waals surface area contributed by atoms with Crippen LogP contribution in [0.15, 0.2) is 0 Å². The molecule has 2 unspecified atom stereocenters. The quantitative estimate of drug-likeness (QED) is 0.788. The highest BCUT2D eigenvalue weighted by Gasteiger charge is 2.35. The van der Waals surface area contributed by atoms with Gasteiger partial charge in [0.25, 0.3) is 0 Å². The Morgan fingerprint density at radius 1 is 1.28 bits per heavy atom. The maximum absolute atomic E-state index is 12.1. The number of rotatable bonds is 3. The number of hydrogen-bond donors (Lipinski definition) is 2. The van der Waals surface area contributed by atoms with Crippen LogP contribution in [0.5, 0.6) is 0 Å². The lowest BCUT2D eigenvalue weighted by Crippen LogP contribution is -2.60. The summed E-state index contributed by atoms with van der Waals surface area (Å²) >= 11 is 0. The third-order valence-corrected chi connectivity index (χ3v) is 4.01. The zero-order valence-electron chi connectivity index (χ0n) is 12.1. The van der Waals surface area contributed by atoms with Crippen LogP contribution < -0.4 is 10.6 Å².